The summed E-state index contributed by atoms with van der Waals surface area (Å²) in [4.78, 5) is 12.1. The highest BCUT2D eigenvalue weighted by Crippen LogP contribution is 2.55. The lowest BCUT2D eigenvalue weighted by Gasteiger charge is -2.12. The highest BCUT2D eigenvalue weighted by atomic mass is 32.1. The van der Waals surface area contributed by atoms with E-state index in [1.807, 2.05) is 11.3 Å². The first kappa shape index (κ1) is 27.7. The molecule has 1 aliphatic rings. The van der Waals surface area contributed by atoms with Gasteiger partial charge in [-0.2, -0.15) is 0 Å². The molecule has 4 aromatic heterocycles. The molecule has 0 bridgehead atoms. The molecule has 0 unspecified atom stereocenters. The summed E-state index contributed by atoms with van der Waals surface area (Å²) in [6, 6.07) is 54.9. The van der Waals surface area contributed by atoms with Gasteiger partial charge in [0.05, 0.1) is 26.9 Å². The number of thiophene rings is 2. The molecule has 0 fully saturated rings. The summed E-state index contributed by atoms with van der Waals surface area (Å²) in [5.74, 6) is 0.688. The van der Waals surface area contributed by atoms with Crippen LogP contribution in [0.1, 0.15) is 0 Å². The van der Waals surface area contributed by atoms with Crippen molar-refractivity contribution in [2.75, 3.05) is 0 Å². The second-order valence-electron chi connectivity index (χ2n) is 13.3. The smallest absolute Gasteiger partial charge is 0.235 e. The first-order chi connectivity index (χ1) is 25.3. The van der Waals surface area contributed by atoms with E-state index in [-0.39, 0.29) is 0 Å². The lowest BCUT2D eigenvalue weighted by Crippen LogP contribution is -2.02. The molecule has 236 valence electrons. The molecule has 12 rings (SSSR count). The van der Waals surface area contributed by atoms with Crippen molar-refractivity contribution in [3.8, 4) is 49.9 Å². The van der Waals surface area contributed by atoms with Gasteiger partial charge in [0.2, 0.25) is 5.95 Å². The topological polar surface area (TPSA) is 30.7 Å². The molecule has 1 aliphatic carbocycles. The summed E-state index contributed by atoms with van der Waals surface area (Å²) in [5, 5.41) is 7.55. The van der Waals surface area contributed by atoms with Gasteiger partial charge in [-0.3, -0.25) is 4.57 Å². The van der Waals surface area contributed by atoms with Crippen LogP contribution in [0.2, 0.25) is 0 Å². The Bertz CT molecular complexity index is 3260. The van der Waals surface area contributed by atoms with E-state index in [0.29, 0.717) is 5.95 Å². The van der Waals surface area contributed by atoms with Crippen molar-refractivity contribution in [2.24, 2.45) is 0 Å². The highest BCUT2D eigenvalue weighted by molar-refractivity contribution is 7.26. The Kier molecular flexibility index (Phi) is 5.53. The number of hydrogen-bond acceptors (Lipinski definition) is 4. The third kappa shape index (κ3) is 3.77. The lowest BCUT2D eigenvalue weighted by molar-refractivity contribution is 1.02. The van der Waals surface area contributed by atoms with Crippen molar-refractivity contribution in [1.29, 1.82) is 0 Å². The van der Waals surface area contributed by atoms with Crippen LogP contribution in [-0.2, 0) is 0 Å². The zero-order valence-corrected chi connectivity index (χ0v) is 28.7. The maximum absolute atomic E-state index is 5.36. The van der Waals surface area contributed by atoms with Gasteiger partial charge in [0.25, 0.3) is 0 Å². The van der Waals surface area contributed by atoms with Gasteiger partial charge in [0.1, 0.15) is 0 Å². The first-order valence-electron chi connectivity index (χ1n) is 17.2. The second-order valence-corrected chi connectivity index (χ2v) is 15.4. The largest absolute Gasteiger partial charge is 0.278 e. The van der Waals surface area contributed by atoms with E-state index in [2.05, 4.69) is 156 Å². The van der Waals surface area contributed by atoms with Gasteiger partial charge in [-0.05, 0) is 57.8 Å². The number of aromatic nitrogens is 3. The Morgan fingerprint density at radius 3 is 2.04 bits per heavy atom. The minimum absolute atomic E-state index is 0.688. The van der Waals surface area contributed by atoms with Crippen LogP contribution in [0.15, 0.2) is 152 Å². The fourth-order valence-corrected chi connectivity index (χ4v) is 10.8. The Hall–Kier alpha value is -6.14. The summed E-state index contributed by atoms with van der Waals surface area (Å²) in [5.41, 5.74) is 11.8. The normalized spacial score (nSPS) is 12.3. The van der Waals surface area contributed by atoms with Gasteiger partial charge < -0.3 is 0 Å². The van der Waals surface area contributed by atoms with Crippen LogP contribution in [0.25, 0.3) is 113 Å². The number of rotatable bonds is 3. The predicted molar refractivity (Wildman–Crippen MR) is 217 cm³/mol. The van der Waals surface area contributed by atoms with Crippen molar-refractivity contribution in [3.05, 3.63) is 152 Å². The Morgan fingerprint density at radius 2 is 1.16 bits per heavy atom. The number of benzene rings is 7. The third-order valence-corrected chi connectivity index (χ3v) is 13.0. The number of fused-ring (bicyclic) bond motifs is 11. The van der Waals surface area contributed by atoms with Gasteiger partial charge >= 0.3 is 0 Å². The summed E-state index contributed by atoms with van der Waals surface area (Å²) < 4.78 is 5.94. The predicted octanol–water partition coefficient (Wildman–Crippen LogP) is 13.3. The Balaban J connectivity index is 1.10. The van der Waals surface area contributed by atoms with E-state index in [1.165, 1.54) is 69.0 Å². The molecule has 7 aromatic carbocycles. The standard InChI is InChI=1S/C46H25N3S2/c1-2-11-26(12-3-1)42-45-43(32-15-6-9-20-39(32)51-45)48-46(47-42)49-36-18-7-4-13-29(36)35-25-27(21-24-37(35)49)28-22-23-34-40-30(28)16-10-17-33(40)41-31-14-5-8-19-38(31)50-44(34)41/h1-25H. The van der Waals surface area contributed by atoms with Gasteiger partial charge in [-0.25, -0.2) is 9.97 Å². The van der Waals surface area contributed by atoms with Crippen molar-refractivity contribution < 1.29 is 0 Å². The molecule has 0 atom stereocenters. The molecule has 0 radical (unpaired) electrons. The van der Waals surface area contributed by atoms with Crippen LogP contribution in [0, 0.1) is 0 Å². The molecule has 0 N–H and O–H groups in total. The summed E-state index contributed by atoms with van der Waals surface area (Å²) in [7, 11) is 0. The van der Waals surface area contributed by atoms with E-state index in [4.69, 9.17) is 9.97 Å². The van der Waals surface area contributed by atoms with E-state index in [0.717, 1.165) is 37.9 Å². The van der Waals surface area contributed by atoms with Crippen LogP contribution in [-0.4, -0.2) is 14.5 Å². The molecule has 3 nitrogen and oxygen atoms in total. The second kappa shape index (κ2) is 10.2. The van der Waals surface area contributed by atoms with Crippen LogP contribution in [0.4, 0.5) is 0 Å². The highest BCUT2D eigenvalue weighted by Gasteiger charge is 2.27. The minimum atomic E-state index is 0.688. The third-order valence-electron chi connectivity index (χ3n) is 10.6. The van der Waals surface area contributed by atoms with Crippen molar-refractivity contribution in [3.63, 3.8) is 0 Å². The molecule has 0 aliphatic heterocycles. The van der Waals surface area contributed by atoms with Crippen LogP contribution < -0.4 is 0 Å². The molecule has 11 aromatic rings. The van der Waals surface area contributed by atoms with Crippen LogP contribution in [0.3, 0.4) is 0 Å². The van der Waals surface area contributed by atoms with E-state index < -0.39 is 0 Å². The van der Waals surface area contributed by atoms with Crippen molar-refractivity contribution >= 4 is 85.6 Å². The zero-order valence-electron chi connectivity index (χ0n) is 27.1. The SMILES string of the molecule is c1ccc(-c2nc(-n3c4ccccc4c4cc(-c5ccc6c7c(cccc57)-c5c-6sc6ccccc56)ccc43)nc3c2sc2ccccc23)cc1. The van der Waals surface area contributed by atoms with Crippen LogP contribution >= 0.6 is 22.7 Å². The van der Waals surface area contributed by atoms with Crippen molar-refractivity contribution in [1.82, 2.24) is 14.5 Å². The molecule has 51 heavy (non-hydrogen) atoms. The van der Waals surface area contributed by atoms with Gasteiger partial charge in [0.15, 0.2) is 0 Å². The van der Waals surface area contributed by atoms with E-state index in [9.17, 15) is 0 Å². The lowest BCUT2D eigenvalue weighted by atomic mass is 9.93. The fourth-order valence-electron chi connectivity index (χ4n) is 8.39. The number of hydrogen-bond donors (Lipinski definition) is 0. The average molecular weight is 684 g/mol. The molecule has 0 spiro atoms. The summed E-state index contributed by atoms with van der Waals surface area (Å²) in [6.07, 6.45) is 0. The first-order valence-corrected chi connectivity index (χ1v) is 18.8. The monoisotopic (exact) mass is 683 g/mol. The van der Waals surface area contributed by atoms with E-state index >= 15 is 0 Å². The average Bonchev–Trinajstić information content (AvgIpc) is 3.93. The van der Waals surface area contributed by atoms with E-state index in [1.54, 1.807) is 11.3 Å². The molecular formula is C46H25N3S2. The molecule has 4 heterocycles. The van der Waals surface area contributed by atoms with Gasteiger partial charge in [0, 0.05) is 52.5 Å². The maximum Gasteiger partial charge on any atom is 0.235 e. The van der Waals surface area contributed by atoms with Gasteiger partial charge in [-0.1, -0.05) is 121 Å². The molecular weight excluding hydrogens is 659 g/mol. The van der Waals surface area contributed by atoms with Crippen molar-refractivity contribution in [2.45, 2.75) is 0 Å². The summed E-state index contributed by atoms with van der Waals surface area (Å²) in [6.45, 7) is 0. The quantitative estimate of drug-likeness (QED) is 0.186. The maximum atomic E-state index is 5.36. The fraction of sp³-hybridized carbons (Fsp3) is 0. The minimum Gasteiger partial charge on any atom is -0.278 e. The van der Waals surface area contributed by atoms with Gasteiger partial charge in [-0.15, -0.1) is 22.7 Å². The molecule has 0 saturated heterocycles. The number of nitrogens with zero attached hydrogens (tertiary/aromatic N) is 3. The number of para-hydroxylation sites is 1. The van der Waals surface area contributed by atoms with Crippen LogP contribution in [0.5, 0.6) is 0 Å². The Morgan fingerprint density at radius 1 is 0.451 bits per heavy atom. The molecule has 0 amide bonds. The Labute approximate surface area is 300 Å². The molecule has 0 saturated carbocycles. The zero-order chi connectivity index (χ0) is 33.2. The molecule has 5 heteroatoms. The summed E-state index contributed by atoms with van der Waals surface area (Å²) >= 11 is 3.68.